The Labute approximate surface area is 142 Å². The van der Waals surface area contributed by atoms with Gasteiger partial charge in [-0.15, -0.1) is 12.4 Å². The molecule has 0 radical (unpaired) electrons. The number of ether oxygens (including phenoxy) is 1. The third kappa shape index (κ3) is 12.5. The van der Waals surface area contributed by atoms with Gasteiger partial charge in [-0.2, -0.15) is 5.26 Å². The Hall–Kier alpha value is -2.97. The molecule has 1 heterocycles. The molecule has 1 aliphatic rings. The van der Waals surface area contributed by atoms with Gasteiger partial charge in [0.15, 0.2) is 5.70 Å². The van der Waals surface area contributed by atoms with E-state index in [1.807, 2.05) is 30.4 Å². The summed E-state index contributed by atoms with van der Waals surface area (Å²) < 4.78 is 5.24. The van der Waals surface area contributed by atoms with E-state index in [2.05, 4.69) is 15.0 Å². The van der Waals surface area contributed by atoms with Crippen LogP contribution in [0.2, 0.25) is 0 Å². The number of hydrogen-bond acceptors (Lipinski definition) is 5. The molecule has 0 aromatic heterocycles. The molecule has 0 aliphatic carbocycles. The molecule has 0 spiro atoms. The van der Waals surface area contributed by atoms with Gasteiger partial charge in [0.2, 0.25) is 0 Å². The maximum absolute atomic E-state index is 8.89. The van der Waals surface area contributed by atoms with E-state index in [4.69, 9.17) is 10.00 Å². The van der Waals surface area contributed by atoms with E-state index >= 15 is 0 Å². The Morgan fingerprint density at radius 3 is 2.57 bits per heavy atom. The fourth-order valence-electron chi connectivity index (χ4n) is 1.14. The molecule has 0 saturated carbocycles. The number of rotatable bonds is 0. The van der Waals surface area contributed by atoms with E-state index in [9.17, 15) is 0 Å². The highest BCUT2D eigenvalue weighted by Gasteiger charge is 1.85. The molecule has 0 aromatic carbocycles. The van der Waals surface area contributed by atoms with Crippen LogP contribution in [0.5, 0.6) is 0 Å². The number of allylic oxidation sites excluding steroid dienone is 8. The highest BCUT2D eigenvalue weighted by atomic mass is 35.5. The van der Waals surface area contributed by atoms with Gasteiger partial charge in [-0.1, -0.05) is 24.3 Å². The molecule has 0 atom stereocenters. The molecule has 118 valence electrons. The first-order valence-corrected chi connectivity index (χ1v) is 6.54. The van der Waals surface area contributed by atoms with Crippen LogP contribution in [0.4, 0.5) is 0 Å². The van der Waals surface area contributed by atoms with Crippen molar-refractivity contribution in [3.8, 4) is 6.07 Å². The zero-order chi connectivity index (χ0) is 15.7. The third-order valence-electron chi connectivity index (χ3n) is 2.08. The van der Waals surface area contributed by atoms with Crippen molar-refractivity contribution in [1.82, 2.24) is 0 Å². The van der Waals surface area contributed by atoms with Crippen molar-refractivity contribution >= 4 is 31.1 Å². The van der Waals surface area contributed by atoms with E-state index in [0.717, 1.165) is 0 Å². The first kappa shape index (κ1) is 20.0. The van der Waals surface area contributed by atoms with Crippen molar-refractivity contribution in [2.75, 3.05) is 6.61 Å². The number of aliphatic imine (C=N–C) groups is 3. The predicted molar refractivity (Wildman–Crippen MR) is 98.1 cm³/mol. The molecule has 6 heteroatoms. The zero-order valence-electron chi connectivity index (χ0n) is 12.4. The van der Waals surface area contributed by atoms with Gasteiger partial charge in [0.25, 0.3) is 0 Å². The van der Waals surface area contributed by atoms with Gasteiger partial charge >= 0.3 is 0 Å². The number of halogens is 1. The van der Waals surface area contributed by atoms with E-state index in [0.29, 0.717) is 6.61 Å². The minimum Gasteiger partial charge on any atom is -0.497 e. The lowest BCUT2D eigenvalue weighted by Gasteiger charge is -1.91. The second-order valence-electron chi connectivity index (χ2n) is 3.70. The maximum atomic E-state index is 8.89. The molecule has 0 amide bonds. The lowest BCUT2D eigenvalue weighted by atomic mass is 10.4. The summed E-state index contributed by atoms with van der Waals surface area (Å²) >= 11 is 0. The van der Waals surface area contributed by atoms with Crippen LogP contribution in [0.15, 0.2) is 87.9 Å². The largest absolute Gasteiger partial charge is 0.497 e. The second kappa shape index (κ2) is 15.4. The molecule has 23 heavy (non-hydrogen) atoms. The number of nitriles is 1. The minimum absolute atomic E-state index is 0. The summed E-state index contributed by atoms with van der Waals surface area (Å²) in [6, 6.07) is 1.94. The fourth-order valence-corrected chi connectivity index (χ4v) is 1.14. The monoisotopic (exact) mass is 328 g/mol. The van der Waals surface area contributed by atoms with Crippen LogP contribution in [-0.4, -0.2) is 25.3 Å². The van der Waals surface area contributed by atoms with Gasteiger partial charge in [-0.3, -0.25) is 9.98 Å². The van der Waals surface area contributed by atoms with Gasteiger partial charge < -0.3 is 4.74 Å². The first-order valence-electron chi connectivity index (χ1n) is 6.54. The number of nitrogens with zero attached hydrogens (tertiary/aromatic N) is 4. The van der Waals surface area contributed by atoms with Gasteiger partial charge in [0, 0.05) is 24.8 Å². The van der Waals surface area contributed by atoms with E-state index in [1.54, 1.807) is 36.8 Å². The summed E-state index contributed by atoms with van der Waals surface area (Å²) in [4.78, 5) is 11.9. The Bertz CT molecular complexity index is 629. The van der Waals surface area contributed by atoms with E-state index < -0.39 is 0 Å². The standard InChI is InChI=1S/C17H16N4O.ClH/c18-15-17-16-20-12-11-19-9-5-1-3-7-13-22-14-8-4-2-6-10-21-17;/h1-13,16H,14H2;1H. The minimum atomic E-state index is 0. The molecule has 0 N–H and O–H groups in total. The topological polar surface area (TPSA) is 70.1 Å². The van der Waals surface area contributed by atoms with Crippen molar-refractivity contribution in [1.29, 1.82) is 5.26 Å². The molecule has 0 aromatic rings. The molecule has 0 bridgehead atoms. The molecule has 0 fully saturated rings. The van der Waals surface area contributed by atoms with Crippen molar-refractivity contribution in [3.05, 3.63) is 73.0 Å². The average molecular weight is 329 g/mol. The summed E-state index contributed by atoms with van der Waals surface area (Å²) in [5.41, 5.74) is 0.208. The quantitative estimate of drug-likeness (QED) is 0.680. The SMILES string of the molecule is Cl.N#CC1=CN=CC=NC=CC=CC=COCC=CC=CC=N1. The normalized spacial score (nSPS) is 15.3. The molecular weight excluding hydrogens is 312 g/mol. The lowest BCUT2D eigenvalue weighted by Crippen LogP contribution is -1.79. The summed E-state index contributed by atoms with van der Waals surface area (Å²) in [6.07, 6.45) is 23.5. The van der Waals surface area contributed by atoms with Crippen molar-refractivity contribution in [2.24, 2.45) is 15.0 Å². The van der Waals surface area contributed by atoms with Crippen LogP contribution in [-0.2, 0) is 4.74 Å². The Balaban J connectivity index is 0.00000484. The molecule has 1 rings (SSSR count). The molecular formula is C17H17ClN4O. The Kier molecular flexibility index (Phi) is 13.4. The molecule has 0 saturated heterocycles. The third-order valence-corrected chi connectivity index (χ3v) is 2.08. The van der Waals surface area contributed by atoms with E-state index in [1.165, 1.54) is 24.8 Å². The lowest BCUT2D eigenvalue weighted by molar-refractivity contribution is 0.290. The van der Waals surface area contributed by atoms with Crippen LogP contribution >= 0.6 is 12.4 Å². The maximum Gasteiger partial charge on any atom is 0.158 e. The molecule has 5 nitrogen and oxygen atoms in total. The van der Waals surface area contributed by atoms with Crippen LogP contribution in [0.25, 0.3) is 0 Å². The number of hydrogen-bond donors (Lipinski definition) is 0. The second-order valence-corrected chi connectivity index (χ2v) is 3.70. The van der Waals surface area contributed by atoms with Crippen LogP contribution in [0.3, 0.4) is 0 Å². The van der Waals surface area contributed by atoms with Crippen molar-refractivity contribution in [2.45, 2.75) is 0 Å². The predicted octanol–water partition coefficient (Wildman–Crippen LogP) is 3.71. The van der Waals surface area contributed by atoms with Crippen LogP contribution in [0, 0.1) is 11.3 Å². The summed E-state index contributed by atoms with van der Waals surface area (Å²) in [7, 11) is 0. The van der Waals surface area contributed by atoms with Crippen molar-refractivity contribution < 1.29 is 4.74 Å². The Morgan fingerprint density at radius 2 is 1.70 bits per heavy atom. The van der Waals surface area contributed by atoms with Gasteiger partial charge in [-0.25, -0.2) is 4.99 Å². The van der Waals surface area contributed by atoms with Crippen LogP contribution < -0.4 is 0 Å². The van der Waals surface area contributed by atoms with Gasteiger partial charge in [0.1, 0.15) is 12.7 Å². The van der Waals surface area contributed by atoms with Gasteiger partial charge in [-0.05, 0) is 24.3 Å². The average Bonchev–Trinajstić information content (AvgIpc) is 2.54. The van der Waals surface area contributed by atoms with E-state index in [-0.39, 0.29) is 18.1 Å². The van der Waals surface area contributed by atoms with Crippen LogP contribution in [0.1, 0.15) is 0 Å². The highest BCUT2D eigenvalue weighted by Crippen LogP contribution is 1.93. The smallest absolute Gasteiger partial charge is 0.158 e. The van der Waals surface area contributed by atoms with Gasteiger partial charge in [0.05, 0.1) is 12.5 Å². The zero-order valence-corrected chi connectivity index (χ0v) is 13.2. The Morgan fingerprint density at radius 1 is 0.913 bits per heavy atom. The summed E-state index contributed by atoms with van der Waals surface area (Å²) in [5, 5.41) is 8.89. The molecule has 0 unspecified atom stereocenters. The fraction of sp³-hybridized carbons (Fsp3) is 0.0588. The molecule has 1 aliphatic heterocycles. The summed E-state index contributed by atoms with van der Waals surface area (Å²) in [5.74, 6) is 0. The summed E-state index contributed by atoms with van der Waals surface area (Å²) in [6.45, 7) is 0.476. The highest BCUT2D eigenvalue weighted by molar-refractivity contribution is 6.16. The van der Waals surface area contributed by atoms with Crippen molar-refractivity contribution in [3.63, 3.8) is 0 Å². The first-order chi connectivity index (χ1) is 10.9.